The molecule has 0 spiro atoms. The summed E-state index contributed by atoms with van der Waals surface area (Å²) in [5, 5.41) is 8.95. The van der Waals surface area contributed by atoms with Crippen LogP contribution in [0.3, 0.4) is 0 Å². The van der Waals surface area contributed by atoms with E-state index in [0.717, 1.165) is 5.56 Å². The number of benzene rings is 1. The molecule has 0 radical (unpaired) electrons. The third kappa shape index (κ3) is 5.22. The zero-order chi connectivity index (χ0) is 16.9. The van der Waals surface area contributed by atoms with Gasteiger partial charge in [0.2, 0.25) is 0 Å². The molecule has 7 heteroatoms. The minimum atomic E-state index is -3.91. The number of aryl methyl sites for hydroxylation is 1. The van der Waals surface area contributed by atoms with Crippen molar-refractivity contribution in [3.8, 4) is 0 Å². The van der Waals surface area contributed by atoms with E-state index in [1.54, 1.807) is 24.3 Å². The van der Waals surface area contributed by atoms with E-state index in [4.69, 9.17) is 13.7 Å². The number of hydrogen-bond acceptors (Lipinski definition) is 5. The van der Waals surface area contributed by atoms with Gasteiger partial charge in [-0.3, -0.25) is 8.98 Å². The molecule has 0 amide bonds. The lowest BCUT2D eigenvalue weighted by molar-refractivity contribution is -0.138. The average molecular weight is 338 g/mol. The first kappa shape index (κ1) is 17.2. The predicted molar refractivity (Wildman–Crippen MR) is 82.5 cm³/mol. The fraction of sp³-hybridized carbons (Fsp3) is 0.312. The fourth-order valence-corrected chi connectivity index (χ4v) is 3.09. The van der Waals surface area contributed by atoms with Gasteiger partial charge in [0.05, 0.1) is 24.2 Å². The summed E-state index contributed by atoms with van der Waals surface area (Å²) in [6, 6.07) is 9.68. The van der Waals surface area contributed by atoms with Crippen LogP contribution < -0.4 is 0 Å². The highest BCUT2D eigenvalue weighted by molar-refractivity contribution is 7.86. The van der Waals surface area contributed by atoms with Crippen LogP contribution in [0.25, 0.3) is 0 Å². The van der Waals surface area contributed by atoms with Crippen LogP contribution in [0.15, 0.2) is 52.0 Å². The normalized spacial score (nSPS) is 12.9. The van der Waals surface area contributed by atoms with Crippen LogP contribution in [0.2, 0.25) is 0 Å². The Hall–Kier alpha value is -2.12. The van der Waals surface area contributed by atoms with Gasteiger partial charge in [-0.25, -0.2) is 0 Å². The van der Waals surface area contributed by atoms with Crippen molar-refractivity contribution in [2.45, 2.75) is 24.7 Å². The summed E-state index contributed by atoms with van der Waals surface area (Å²) in [5.74, 6) is -0.927. The highest BCUT2D eigenvalue weighted by Gasteiger charge is 2.21. The SMILES string of the molecule is Cc1ccc(S(=O)(=O)OCC(CC(=O)O)Cc2ccco2)cc1. The molecule has 0 aliphatic carbocycles. The minimum Gasteiger partial charge on any atom is -0.481 e. The largest absolute Gasteiger partial charge is 0.481 e. The molecule has 1 N–H and O–H groups in total. The number of carbonyl (C=O) groups is 1. The lowest BCUT2D eigenvalue weighted by Crippen LogP contribution is -2.19. The van der Waals surface area contributed by atoms with E-state index in [1.807, 2.05) is 6.92 Å². The maximum Gasteiger partial charge on any atom is 0.303 e. The molecule has 1 heterocycles. The van der Waals surface area contributed by atoms with Crippen LogP contribution >= 0.6 is 0 Å². The zero-order valence-corrected chi connectivity index (χ0v) is 13.5. The molecule has 23 heavy (non-hydrogen) atoms. The number of carboxylic acid groups (broad SMARTS) is 1. The first-order valence-electron chi connectivity index (χ1n) is 7.07. The van der Waals surface area contributed by atoms with E-state index in [2.05, 4.69) is 0 Å². The van der Waals surface area contributed by atoms with Crippen molar-refractivity contribution < 1.29 is 26.9 Å². The third-order valence-corrected chi connectivity index (χ3v) is 4.60. The first-order valence-corrected chi connectivity index (χ1v) is 8.48. The zero-order valence-electron chi connectivity index (χ0n) is 12.6. The predicted octanol–water partition coefficient (Wildman–Crippen LogP) is 2.63. The van der Waals surface area contributed by atoms with Crippen LogP contribution in [0.4, 0.5) is 0 Å². The molecule has 1 unspecified atom stereocenters. The molecule has 6 nitrogen and oxygen atoms in total. The molecule has 0 fully saturated rings. The Labute approximate surface area is 134 Å². The molecule has 2 rings (SSSR count). The van der Waals surface area contributed by atoms with Crippen molar-refractivity contribution in [1.82, 2.24) is 0 Å². The molecule has 0 aliphatic heterocycles. The molecule has 1 aromatic heterocycles. The summed E-state index contributed by atoms with van der Waals surface area (Å²) in [5.41, 5.74) is 0.936. The molecule has 1 atom stereocenters. The van der Waals surface area contributed by atoms with Crippen LogP contribution in [-0.4, -0.2) is 26.1 Å². The van der Waals surface area contributed by atoms with Gasteiger partial charge < -0.3 is 9.52 Å². The molecular weight excluding hydrogens is 320 g/mol. The summed E-state index contributed by atoms with van der Waals surface area (Å²) in [4.78, 5) is 11.0. The number of furan rings is 1. The second-order valence-corrected chi connectivity index (χ2v) is 6.91. The van der Waals surface area contributed by atoms with Gasteiger partial charge in [0.15, 0.2) is 0 Å². The van der Waals surface area contributed by atoms with E-state index in [1.165, 1.54) is 18.4 Å². The maximum absolute atomic E-state index is 12.1. The minimum absolute atomic E-state index is 0.0511. The Morgan fingerprint density at radius 3 is 2.52 bits per heavy atom. The Kier molecular flexibility index (Phi) is 5.57. The van der Waals surface area contributed by atoms with Gasteiger partial charge in [-0.15, -0.1) is 0 Å². The van der Waals surface area contributed by atoms with Crippen molar-refractivity contribution in [1.29, 1.82) is 0 Å². The van der Waals surface area contributed by atoms with Crippen LogP contribution in [-0.2, 0) is 25.5 Å². The van der Waals surface area contributed by atoms with Crippen molar-refractivity contribution in [3.05, 3.63) is 54.0 Å². The van der Waals surface area contributed by atoms with Crippen molar-refractivity contribution >= 4 is 16.1 Å². The second-order valence-electron chi connectivity index (χ2n) is 5.30. The Balaban J connectivity index is 2.04. The Morgan fingerprint density at radius 1 is 1.26 bits per heavy atom. The van der Waals surface area contributed by atoms with Gasteiger partial charge in [0, 0.05) is 12.3 Å². The maximum atomic E-state index is 12.1. The van der Waals surface area contributed by atoms with Gasteiger partial charge >= 0.3 is 5.97 Å². The van der Waals surface area contributed by atoms with E-state index in [0.29, 0.717) is 12.2 Å². The topological polar surface area (TPSA) is 93.8 Å². The van der Waals surface area contributed by atoms with Gasteiger partial charge in [-0.1, -0.05) is 17.7 Å². The lowest BCUT2D eigenvalue weighted by atomic mass is 10.0. The molecule has 1 aromatic carbocycles. The fourth-order valence-electron chi connectivity index (χ4n) is 2.11. The van der Waals surface area contributed by atoms with Crippen LogP contribution in [0, 0.1) is 12.8 Å². The van der Waals surface area contributed by atoms with E-state index in [9.17, 15) is 13.2 Å². The second kappa shape index (κ2) is 7.43. The smallest absolute Gasteiger partial charge is 0.303 e. The summed E-state index contributed by atoms with van der Waals surface area (Å²) in [7, 11) is -3.91. The lowest BCUT2D eigenvalue weighted by Gasteiger charge is -2.14. The number of hydrogen-bond donors (Lipinski definition) is 1. The Bertz CT molecular complexity index is 731. The highest BCUT2D eigenvalue weighted by atomic mass is 32.2. The molecule has 2 aromatic rings. The van der Waals surface area contributed by atoms with Gasteiger partial charge in [-0.05, 0) is 31.2 Å². The van der Waals surface area contributed by atoms with Crippen LogP contribution in [0.5, 0.6) is 0 Å². The quantitative estimate of drug-likeness (QED) is 0.744. The van der Waals surface area contributed by atoms with Gasteiger partial charge in [0.25, 0.3) is 10.1 Å². The standard InChI is InChI=1S/C16H18O6S/c1-12-4-6-15(7-5-12)23(19,20)22-11-13(10-16(17)18)9-14-3-2-8-21-14/h2-8,13H,9-11H2,1H3,(H,17,18). The van der Waals surface area contributed by atoms with Gasteiger partial charge in [-0.2, -0.15) is 8.42 Å². The summed E-state index contributed by atoms with van der Waals surface area (Å²) in [6.07, 6.45) is 1.57. The van der Waals surface area contributed by atoms with E-state index < -0.39 is 22.0 Å². The number of aliphatic carboxylic acids is 1. The first-order chi connectivity index (χ1) is 10.9. The summed E-state index contributed by atoms with van der Waals surface area (Å²) < 4.78 is 34.5. The third-order valence-electron chi connectivity index (χ3n) is 3.30. The highest BCUT2D eigenvalue weighted by Crippen LogP contribution is 2.18. The van der Waals surface area contributed by atoms with E-state index in [-0.39, 0.29) is 17.9 Å². The average Bonchev–Trinajstić information content (AvgIpc) is 2.98. The molecular formula is C16H18O6S. The Morgan fingerprint density at radius 2 is 1.96 bits per heavy atom. The molecule has 0 saturated heterocycles. The van der Waals surface area contributed by atoms with Crippen molar-refractivity contribution in [2.24, 2.45) is 5.92 Å². The summed E-state index contributed by atoms with van der Waals surface area (Å²) in [6.45, 7) is 1.63. The molecule has 124 valence electrons. The van der Waals surface area contributed by atoms with Gasteiger partial charge in [0.1, 0.15) is 5.76 Å². The van der Waals surface area contributed by atoms with E-state index >= 15 is 0 Å². The summed E-state index contributed by atoms with van der Waals surface area (Å²) >= 11 is 0. The monoisotopic (exact) mass is 338 g/mol. The molecule has 0 aliphatic rings. The molecule has 0 saturated carbocycles. The van der Waals surface area contributed by atoms with Crippen molar-refractivity contribution in [2.75, 3.05) is 6.61 Å². The van der Waals surface area contributed by atoms with Crippen molar-refractivity contribution in [3.63, 3.8) is 0 Å². The van der Waals surface area contributed by atoms with Crippen LogP contribution in [0.1, 0.15) is 17.7 Å². The number of carboxylic acids is 1. The number of rotatable bonds is 8. The molecule has 0 bridgehead atoms.